The van der Waals surface area contributed by atoms with E-state index in [1.165, 1.54) is 0 Å². The normalized spacial score (nSPS) is 20.6. The second-order valence-electron chi connectivity index (χ2n) is 4.13. The van der Waals surface area contributed by atoms with Crippen molar-refractivity contribution in [2.45, 2.75) is 18.3 Å². The highest BCUT2D eigenvalue weighted by molar-refractivity contribution is 5.26. The minimum absolute atomic E-state index is 0.577. The van der Waals surface area contributed by atoms with Gasteiger partial charge in [0.2, 0.25) is 0 Å². The molecular formula is C13H16N2O2. The predicted octanol–water partition coefficient (Wildman–Crippen LogP) is 1.67. The first-order valence-corrected chi connectivity index (χ1v) is 5.86. The Hall–Kier alpha value is -1.44. The second kappa shape index (κ2) is 5.76. The highest BCUT2D eigenvalue weighted by Crippen LogP contribution is 2.30. The molecule has 0 aliphatic carbocycles. The van der Waals surface area contributed by atoms with Crippen LogP contribution in [0.15, 0.2) is 24.4 Å². The molecule has 0 unspecified atom stereocenters. The van der Waals surface area contributed by atoms with Gasteiger partial charge in [-0.1, -0.05) is 6.07 Å². The maximum absolute atomic E-state index is 9.50. The van der Waals surface area contributed by atoms with Crippen molar-refractivity contribution >= 4 is 0 Å². The zero-order valence-corrected chi connectivity index (χ0v) is 9.76. The molecule has 2 heterocycles. The molecule has 17 heavy (non-hydrogen) atoms. The predicted molar refractivity (Wildman–Crippen MR) is 62.4 cm³/mol. The summed E-state index contributed by atoms with van der Waals surface area (Å²) in [6.07, 6.45) is 3.07. The van der Waals surface area contributed by atoms with Crippen molar-refractivity contribution in [2.24, 2.45) is 0 Å². The Balaban J connectivity index is 2.24. The van der Waals surface area contributed by atoms with Crippen LogP contribution in [0.3, 0.4) is 0 Å². The Bertz CT molecular complexity index is 376. The number of nitriles is 1. The van der Waals surface area contributed by atoms with Crippen LogP contribution in [0.1, 0.15) is 18.5 Å². The maximum atomic E-state index is 9.50. The third kappa shape index (κ3) is 2.82. The SMILES string of the molecule is N#CC1(c2ccccn2)CCOCCOCC1. The summed E-state index contributed by atoms with van der Waals surface area (Å²) >= 11 is 0. The van der Waals surface area contributed by atoms with Gasteiger partial charge in [0.05, 0.1) is 25.0 Å². The maximum Gasteiger partial charge on any atom is 0.104 e. The summed E-state index contributed by atoms with van der Waals surface area (Å²) in [5.41, 5.74) is 0.239. The minimum atomic E-state index is -0.578. The van der Waals surface area contributed by atoms with Gasteiger partial charge in [-0.25, -0.2) is 0 Å². The lowest BCUT2D eigenvalue weighted by atomic mass is 9.79. The first kappa shape index (κ1) is 12.0. The number of ether oxygens (including phenoxy) is 2. The van der Waals surface area contributed by atoms with Gasteiger partial charge in [-0.3, -0.25) is 4.98 Å². The lowest BCUT2D eigenvalue weighted by molar-refractivity contribution is 0.0584. The average molecular weight is 232 g/mol. The van der Waals surface area contributed by atoms with E-state index in [2.05, 4.69) is 11.1 Å². The highest BCUT2D eigenvalue weighted by atomic mass is 16.5. The smallest absolute Gasteiger partial charge is 0.104 e. The van der Waals surface area contributed by atoms with E-state index < -0.39 is 5.41 Å². The minimum Gasteiger partial charge on any atom is -0.379 e. The summed E-state index contributed by atoms with van der Waals surface area (Å²) < 4.78 is 10.9. The Morgan fingerprint density at radius 3 is 2.35 bits per heavy atom. The molecule has 2 rings (SSSR count). The van der Waals surface area contributed by atoms with E-state index >= 15 is 0 Å². The van der Waals surface area contributed by atoms with Crippen LogP contribution in [0, 0.1) is 11.3 Å². The Kier molecular flexibility index (Phi) is 4.08. The molecule has 0 atom stereocenters. The van der Waals surface area contributed by atoms with Gasteiger partial charge in [0.25, 0.3) is 0 Å². The Morgan fingerprint density at radius 1 is 1.12 bits per heavy atom. The van der Waals surface area contributed by atoms with Gasteiger partial charge in [0.15, 0.2) is 0 Å². The van der Waals surface area contributed by atoms with Gasteiger partial charge < -0.3 is 9.47 Å². The van der Waals surface area contributed by atoms with E-state index in [1.54, 1.807) is 6.20 Å². The van der Waals surface area contributed by atoms with Crippen LogP contribution >= 0.6 is 0 Å². The quantitative estimate of drug-likeness (QED) is 0.739. The molecule has 90 valence electrons. The molecule has 0 bridgehead atoms. The lowest BCUT2D eigenvalue weighted by Crippen LogP contribution is -2.28. The molecular weight excluding hydrogens is 216 g/mol. The summed E-state index contributed by atoms with van der Waals surface area (Å²) in [6.45, 7) is 2.36. The molecule has 4 nitrogen and oxygen atoms in total. The number of aromatic nitrogens is 1. The summed E-state index contributed by atoms with van der Waals surface area (Å²) in [7, 11) is 0. The monoisotopic (exact) mass is 232 g/mol. The average Bonchev–Trinajstić information content (AvgIpc) is 2.52. The van der Waals surface area contributed by atoms with Crippen LogP contribution in [0.2, 0.25) is 0 Å². The van der Waals surface area contributed by atoms with Crippen LogP contribution in [0.5, 0.6) is 0 Å². The Morgan fingerprint density at radius 2 is 1.82 bits per heavy atom. The summed E-state index contributed by atoms with van der Waals surface area (Å²) in [6, 6.07) is 8.08. The number of rotatable bonds is 1. The van der Waals surface area contributed by atoms with Gasteiger partial charge >= 0.3 is 0 Å². The fraction of sp³-hybridized carbons (Fsp3) is 0.538. The molecule has 1 saturated heterocycles. The highest BCUT2D eigenvalue weighted by Gasteiger charge is 2.33. The van der Waals surface area contributed by atoms with Gasteiger partial charge in [0, 0.05) is 19.4 Å². The number of hydrogen-bond acceptors (Lipinski definition) is 4. The van der Waals surface area contributed by atoms with Gasteiger partial charge in [-0.15, -0.1) is 0 Å². The molecule has 1 aromatic rings. The van der Waals surface area contributed by atoms with Crippen molar-refractivity contribution in [3.63, 3.8) is 0 Å². The molecule has 0 radical (unpaired) electrons. The number of nitrogens with zero attached hydrogens (tertiary/aromatic N) is 2. The largest absolute Gasteiger partial charge is 0.379 e. The fourth-order valence-corrected chi connectivity index (χ4v) is 2.01. The van der Waals surface area contributed by atoms with E-state index in [0.29, 0.717) is 39.3 Å². The third-order valence-electron chi connectivity index (χ3n) is 3.09. The molecule has 0 N–H and O–H groups in total. The first-order valence-electron chi connectivity index (χ1n) is 5.86. The molecule has 0 aromatic carbocycles. The standard InChI is InChI=1S/C13H16N2O2/c14-11-13(12-3-1-2-6-15-12)4-7-16-9-10-17-8-5-13/h1-3,6H,4-5,7-10H2. The molecule has 0 spiro atoms. The molecule has 0 saturated carbocycles. The summed E-state index contributed by atoms with van der Waals surface area (Å²) in [5.74, 6) is 0. The van der Waals surface area contributed by atoms with Crippen molar-refractivity contribution in [1.29, 1.82) is 5.26 Å². The lowest BCUT2D eigenvalue weighted by Gasteiger charge is -2.24. The first-order chi connectivity index (χ1) is 8.37. The van der Waals surface area contributed by atoms with Crippen molar-refractivity contribution in [2.75, 3.05) is 26.4 Å². The number of pyridine rings is 1. The second-order valence-corrected chi connectivity index (χ2v) is 4.13. The van der Waals surface area contributed by atoms with E-state index in [-0.39, 0.29) is 0 Å². The van der Waals surface area contributed by atoms with E-state index in [0.717, 1.165) is 5.69 Å². The molecule has 0 amide bonds. The van der Waals surface area contributed by atoms with Crippen LogP contribution in [0.4, 0.5) is 0 Å². The Labute approximate surface area is 101 Å². The van der Waals surface area contributed by atoms with Crippen molar-refractivity contribution < 1.29 is 9.47 Å². The van der Waals surface area contributed by atoms with Crippen molar-refractivity contribution in [3.05, 3.63) is 30.1 Å². The van der Waals surface area contributed by atoms with Crippen LogP contribution < -0.4 is 0 Å². The third-order valence-corrected chi connectivity index (χ3v) is 3.09. The van der Waals surface area contributed by atoms with Crippen LogP contribution in [-0.4, -0.2) is 31.4 Å². The molecule has 1 aliphatic rings. The molecule has 1 aromatic heterocycles. The molecule has 4 heteroatoms. The number of hydrogen-bond donors (Lipinski definition) is 0. The van der Waals surface area contributed by atoms with Gasteiger partial charge in [-0.05, 0) is 25.0 Å². The molecule has 1 aliphatic heterocycles. The topological polar surface area (TPSA) is 55.1 Å². The summed E-state index contributed by atoms with van der Waals surface area (Å²) in [5, 5.41) is 9.50. The van der Waals surface area contributed by atoms with Crippen LogP contribution in [-0.2, 0) is 14.9 Å². The van der Waals surface area contributed by atoms with Crippen molar-refractivity contribution in [1.82, 2.24) is 4.98 Å². The van der Waals surface area contributed by atoms with E-state index in [1.807, 2.05) is 18.2 Å². The van der Waals surface area contributed by atoms with Crippen LogP contribution in [0.25, 0.3) is 0 Å². The zero-order valence-electron chi connectivity index (χ0n) is 9.76. The van der Waals surface area contributed by atoms with Crippen molar-refractivity contribution in [3.8, 4) is 6.07 Å². The van der Waals surface area contributed by atoms with Gasteiger partial charge in [-0.2, -0.15) is 5.26 Å². The van der Waals surface area contributed by atoms with Gasteiger partial charge in [0.1, 0.15) is 5.41 Å². The van der Waals surface area contributed by atoms with E-state index in [9.17, 15) is 5.26 Å². The zero-order chi connectivity index (χ0) is 12.0. The fourth-order valence-electron chi connectivity index (χ4n) is 2.01. The van der Waals surface area contributed by atoms with E-state index in [4.69, 9.17) is 9.47 Å². The molecule has 1 fully saturated rings. The summed E-state index contributed by atoms with van der Waals surface area (Å²) in [4.78, 5) is 4.31.